The third kappa shape index (κ3) is 5.44. The fourth-order valence-electron chi connectivity index (χ4n) is 3.54. The van der Waals surface area contributed by atoms with Crippen molar-refractivity contribution in [1.82, 2.24) is 10.2 Å². The Morgan fingerprint density at radius 2 is 1.62 bits per heavy atom. The summed E-state index contributed by atoms with van der Waals surface area (Å²) in [6.07, 6.45) is 7.03. The molecule has 0 spiro atoms. The van der Waals surface area contributed by atoms with Gasteiger partial charge in [-0.25, -0.2) is 0 Å². The number of hydrogen-bond donors (Lipinski definition) is 1. The van der Waals surface area contributed by atoms with Crippen LogP contribution in [0.5, 0.6) is 0 Å². The molecule has 2 unspecified atom stereocenters. The van der Waals surface area contributed by atoms with E-state index in [1.807, 2.05) is 0 Å². The van der Waals surface area contributed by atoms with E-state index in [-0.39, 0.29) is 0 Å². The van der Waals surface area contributed by atoms with Gasteiger partial charge in [0.2, 0.25) is 0 Å². The van der Waals surface area contributed by atoms with Crippen LogP contribution in [0.25, 0.3) is 0 Å². The molecule has 1 aliphatic heterocycles. The lowest BCUT2D eigenvalue weighted by atomic mass is 9.93. The van der Waals surface area contributed by atoms with Crippen molar-refractivity contribution in [3.05, 3.63) is 35.9 Å². The number of nitrogens with zero attached hydrogens (tertiary/aromatic N) is 1. The van der Waals surface area contributed by atoms with Crippen LogP contribution in [0.1, 0.15) is 57.6 Å². The second-order valence-electron chi connectivity index (χ2n) is 6.49. The Labute approximate surface area is 130 Å². The third-order valence-corrected chi connectivity index (χ3v) is 4.65. The molecule has 0 saturated carbocycles. The highest BCUT2D eigenvalue weighted by Crippen LogP contribution is 2.23. The molecule has 21 heavy (non-hydrogen) atoms. The Morgan fingerprint density at radius 1 is 1.00 bits per heavy atom. The fraction of sp³-hybridized carbons (Fsp3) is 0.684. The summed E-state index contributed by atoms with van der Waals surface area (Å²) in [6, 6.07) is 11.4. The van der Waals surface area contributed by atoms with Gasteiger partial charge in [-0.3, -0.25) is 0 Å². The van der Waals surface area contributed by atoms with Crippen LogP contribution in [0.2, 0.25) is 0 Å². The molecule has 0 aliphatic carbocycles. The minimum Gasteiger partial charge on any atom is -0.310 e. The number of likely N-dealkylation sites (tertiary alicyclic amines) is 1. The van der Waals surface area contributed by atoms with Gasteiger partial charge in [0.15, 0.2) is 0 Å². The van der Waals surface area contributed by atoms with Crippen LogP contribution in [-0.2, 0) is 0 Å². The molecule has 0 bridgehead atoms. The molecule has 0 amide bonds. The Morgan fingerprint density at radius 3 is 2.24 bits per heavy atom. The SMILES string of the molecule is CCNC(c1ccccc1)C(C)CN1CCCCCCC1. The normalized spacial score (nSPS) is 20.5. The Kier molecular flexibility index (Phi) is 7.25. The first kappa shape index (κ1) is 16.5. The second-order valence-corrected chi connectivity index (χ2v) is 6.49. The molecule has 1 N–H and O–H groups in total. The highest BCUT2D eigenvalue weighted by atomic mass is 15.1. The van der Waals surface area contributed by atoms with E-state index in [4.69, 9.17) is 0 Å². The van der Waals surface area contributed by atoms with Gasteiger partial charge in [0.25, 0.3) is 0 Å². The van der Waals surface area contributed by atoms with Gasteiger partial charge in [0.05, 0.1) is 0 Å². The molecule has 1 fully saturated rings. The van der Waals surface area contributed by atoms with Crippen molar-refractivity contribution in [2.45, 2.75) is 52.0 Å². The van der Waals surface area contributed by atoms with E-state index >= 15 is 0 Å². The first-order chi connectivity index (χ1) is 10.3. The van der Waals surface area contributed by atoms with E-state index < -0.39 is 0 Å². The summed E-state index contributed by atoms with van der Waals surface area (Å²) < 4.78 is 0. The van der Waals surface area contributed by atoms with Crippen molar-refractivity contribution < 1.29 is 0 Å². The van der Waals surface area contributed by atoms with E-state index in [0.29, 0.717) is 12.0 Å². The standard InChI is InChI=1S/C19H32N2/c1-3-20-19(18-12-8-7-9-13-18)17(2)16-21-14-10-5-4-6-11-15-21/h7-9,12-13,17,19-20H,3-6,10-11,14-16H2,1-2H3. The van der Waals surface area contributed by atoms with Gasteiger partial charge in [-0.05, 0) is 44.0 Å². The predicted molar refractivity (Wildman–Crippen MR) is 91.5 cm³/mol. The summed E-state index contributed by atoms with van der Waals surface area (Å²) in [4.78, 5) is 2.69. The summed E-state index contributed by atoms with van der Waals surface area (Å²) in [7, 11) is 0. The zero-order valence-electron chi connectivity index (χ0n) is 13.9. The zero-order chi connectivity index (χ0) is 14.9. The maximum absolute atomic E-state index is 3.69. The Balaban J connectivity index is 1.95. The van der Waals surface area contributed by atoms with Gasteiger partial charge in [-0.2, -0.15) is 0 Å². The molecule has 2 heteroatoms. The van der Waals surface area contributed by atoms with Gasteiger partial charge in [0, 0.05) is 12.6 Å². The molecule has 0 radical (unpaired) electrons. The molecule has 0 aromatic heterocycles. The largest absolute Gasteiger partial charge is 0.310 e. The summed E-state index contributed by atoms with van der Waals surface area (Å²) in [5.74, 6) is 0.645. The lowest BCUT2D eigenvalue weighted by Gasteiger charge is -2.32. The minimum atomic E-state index is 0.474. The average molecular weight is 288 g/mol. The van der Waals surface area contributed by atoms with Gasteiger partial charge in [0.1, 0.15) is 0 Å². The Hall–Kier alpha value is -0.860. The lowest BCUT2D eigenvalue weighted by molar-refractivity contribution is 0.196. The second kappa shape index (κ2) is 9.22. The van der Waals surface area contributed by atoms with Crippen molar-refractivity contribution in [2.24, 2.45) is 5.92 Å². The zero-order valence-corrected chi connectivity index (χ0v) is 13.9. The molecule has 118 valence electrons. The van der Waals surface area contributed by atoms with E-state index in [0.717, 1.165) is 6.54 Å². The van der Waals surface area contributed by atoms with E-state index in [9.17, 15) is 0 Å². The molecule has 2 rings (SSSR count). The van der Waals surface area contributed by atoms with E-state index in [2.05, 4.69) is 54.4 Å². The van der Waals surface area contributed by atoms with Crippen molar-refractivity contribution >= 4 is 0 Å². The van der Waals surface area contributed by atoms with E-state index in [1.54, 1.807) is 0 Å². The summed E-state index contributed by atoms with van der Waals surface area (Å²) in [6.45, 7) is 9.43. The van der Waals surface area contributed by atoms with Crippen LogP contribution in [0, 0.1) is 5.92 Å². The summed E-state index contributed by atoms with van der Waals surface area (Å²) >= 11 is 0. The first-order valence-electron chi connectivity index (χ1n) is 8.82. The molecule has 1 aromatic carbocycles. The maximum atomic E-state index is 3.69. The lowest BCUT2D eigenvalue weighted by Crippen LogP contribution is -2.37. The van der Waals surface area contributed by atoms with Crippen LogP contribution in [-0.4, -0.2) is 31.1 Å². The van der Waals surface area contributed by atoms with Crippen LogP contribution < -0.4 is 5.32 Å². The number of benzene rings is 1. The molecule has 1 saturated heterocycles. The molecule has 1 heterocycles. The first-order valence-corrected chi connectivity index (χ1v) is 8.82. The fourth-order valence-corrected chi connectivity index (χ4v) is 3.54. The van der Waals surface area contributed by atoms with Crippen molar-refractivity contribution in [2.75, 3.05) is 26.2 Å². The number of nitrogens with one attached hydrogen (secondary N) is 1. The van der Waals surface area contributed by atoms with Gasteiger partial charge >= 0.3 is 0 Å². The average Bonchev–Trinajstić information content (AvgIpc) is 2.48. The monoisotopic (exact) mass is 288 g/mol. The van der Waals surface area contributed by atoms with Crippen molar-refractivity contribution in [3.63, 3.8) is 0 Å². The Bertz CT molecular complexity index is 368. The molecule has 1 aromatic rings. The summed E-state index contributed by atoms with van der Waals surface area (Å²) in [5, 5.41) is 3.69. The molecule has 2 nitrogen and oxygen atoms in total. The predicted octanol–water partition coefficient (Wildman–Crippen LogP) is 4.24. The van der Waals surface area contributed by atoms with Gasteiger partial charge in [-0.15, -0.1) is 0 Å². The van der Waals surface area contributed by atoms with Crippen LogP contribution in [0.3, 0.4) is 0 Å². The third-order valence-electron chi connectivity index (χ3n) is 4.65. The van der Waals surface area contributed by atoms with Crippen LogP contribution in [0.15, 0.2) is 30.3 Å². The molecule has 2 atom stereocenters. The summed E-state index contributed by atoms with van der Waals surface area (Å²) in [5.41, 5.74) is 1.43. The van der Waals surface area contributed by atoms with Crippen LogP contribution in [0.4, 0.5) is 0 Å². The van der Waals surface area contributed by atoms with Crippen LogP contribution >= 0.6 is 0 Å². The highest BCUT2D eigenvalue weighted by Gasteiger charge is 2.21. The molecular weight excluding hydrogens is 256 g/mol. The van der Waals surface area contributed by atoms with Gasteiger partial charge < -0.3 is 10.2 Å². The van der Waals surface area contributed by atoms with Crippen molar-refractivity contribution in [3.8, 4) is 0 Å². The number of hydrogen-bond acceptors (Lipinski definition) is 2. The minimum absolute atomic E-state index is 0.474. The molecule has 1 aliphatic rings. The molecular formula is C19H32N2. The highest BCUT2D eigenvalue weighted by molar-refractivity contribution is 5.19. The topological polar surface area (TPSA) is 15.3 Å². The van der Waals surface area contributed by atoms with E-state index in [1.165, 1.54) is 57.3 Å². The smallest absolute Gasteiger partial charge is 0.0358 e. The van der Waals surface area contributed by atoms with Gasteiger partial charge in [-0.1, -0.05) is 63.4 Å². The maximum Gasteiger partial charge on any atom is 0.0358 e. The van der Waals surface area contributed by atoms with Crippen molar-refractivity contribution in [1.29, 1.82) is 0 Å². The quantitative estimate of drug-likeness (QED) is 0.842. The number of rotatable bonds is 6.